The lowest BCUT2D eigenvalue weighted by molar-refractivity contribution is -0.122. The van der Waals surface area contributed by atoms with Gasteiger partial charge in [-0.3, -0.25) is 19.4 Å². The fourth-order valence-electron chi connectivity index (χ4n) is 4.95. The van der Waals surface area contributed by atoms with Crippen molar-refractivity contribution in [1.29, 1.82) is 0 Å². The molecule has 0 aromatic heterocycles. The summed E-state index contributed by atoms with van der Waals surface area (Å²) in [6.45, 7) is 4.98. The molecule has 7 nitrogen and oxygen atoms in total. The number of nitrogens with one attached hydrogen (secondary N) is 1. The lowest BCUT2D eigenvalue weighted by Gasteiger charge is -2.36. The molecule has 10 heteroatoms. The highest BCUT2D eigenvalue weighted by molar-refractivity contribution is 9.10. The molecule has 1 fully saturated rings. The maximum atomic E-state index is 13.5. The number of hydrogen-bond donors (Lipinski definition) is 1. The Morgan fingerprint density at radius 2 is 1.83 bits per heavy atom. The number of nitrogens with zero attached hydrogens (tertiary/aromatic N) is 3. The first kappa shape index (κ1) is 29.2. The van der Waals surface area contributed by atoms with E-state index in [9.17, 15) is 14.0 Å². The Morgan fingerprint density at radius 3 is 2.56 bits per heavy atom. The number of anilines is 2. The highest BCUT2D eigenvalue weighted by Crippen LogP contribution is 2.42. The molecule has 1 saturated heterocycles. The minimum Gasteiger partial charge on any atom is -0.496 e. The Labute approximate surface area is 252 Å². The summed E-state index contributed by atoms with van der Waals surface area (Å²) in [5.74, 6) is 0.106. The summed E-state index contributed by atoms with van der Waals surface area (Å²) in [7, 11) is 1.61. The first-order valence-corrected chi connectivity index (χ1v) is 15.2. The smallest absolute Gasteiger partial charge is 0.265 e. The van der Waals surface area contributed by atoms with Crippen molar-refractivity contribution in [2.75, 3.05) is 62.7 Å². The maximum Gasteiger partial charge on any atom is 0.265 e. The average molecular weight is 640 g/mol. The van der Waals surface area contributed by atoms with E-state index in [0.29, 0.717) is 17.2 Å². The molecule has 2 heterocycles. The van der Waals surface area contributed by atoms with Crippen LogP contribution in [0.25, 0.3) is 6.08 Å². The molecule has 2 aliphatic rings. The highest BCUT2D eigenvalue weighted by Gasteiger charge is 2.30. The molecular weight excluding hydrogens is 607 g/mol. The van der Waals surface area contributed by atoms with Crippen LogP contribution in [-0.4, -0.2) is 69.6 Å². The number of benzene rings is 3. The van der Waals surface area contributed by atoms with E-state index >= 15 is 0 Å². The van der Waals surface area contributed by atoms with Gasteiger partial charge in [-0.1, -0.05) is 30.0 Å². The number of carbonyl (C=O) groups is 2. The molecule has 0 saturated carbocycles. The summed E-state index contributed by atoms with van der Waals surface area (Å²) in [6, 6.07) is 19.9. The molecule has 2 amide bonds. The number of para-hydroxylation sites is 1. The molecule has 0 unspecified atom stereocenters. The zero-order chi connectivity index (χ0) is 28.8. The molecule has 214 valence electrons. The molecular formula is C31H32BrFN4O3S. The Kier molecular flexibility index (Phi) is 9.64. The normalized spacial score (nSPS) is 16.6. The van der Waals surface area contributed by atoms with Gasteiger partial charge in [0.15, 0.2) is 0 Å². The molecule has 2 aliphatic heterocycles. The van der Waals surface area contributed by atoms with Crippen LogP contribution in [0.4, 0.5) is 15.8 Å². The molecule has 0 radical (unpaired) electrons. The predicted molar refractivity (Wildman–Crippen MR) is 166 cm³/mol. The van der Waals surface area contributed by atoms with E-state index < -0.39 is 0 Å². The third kappa shape index (κ3) is 7.30. The first-order valence-electron chi connectivity index (χ1n) is 13.5. The molecule has 3 aromatic rings. The second kappa shape index (κ2) is 13.5. The van der Waals surface area contributed by atoms with Crippen LogP contribution in [0.3, 0.4) is 0 Å². The van der Waals surface area contributed by atoms with Crippen LogP contribution in [0.5, 0.6) is 5.75 Å². The van der Waals surface area contributed by atoms with Crippen LogP contribution >= 0.6 is 27.7 Å². The van der Waals surface area contributed by atoms with E-state index in [-0.39, 0.29) is 24.2 Å². The van der Waals surface area contributed by atoms with Crippen molar-refractivity contribution < 1.29 is 18.7 Å². The van der Waals surface area contributed by atoms with Gasteiger partial charge in [0.05, 0.1) is 22.2 Å². The topological polar surface area (TPSA) is 65.1 Å². The SMILES string of the molecule is COc1ccc(/C=C2\Sc3ccccc3N(CC(=O)NCCCN3CCN(c4ccc(F)cc4)CC3)C2=O)cc1Br. The van der Waals surface area contributed by atoms with Gasteiger partial charge < -0.3 is 15.0 Å². The molecule has 41 heavy (non-hydrogen) atoms. The van der Waals surface area contributed by atoms with Gasteiger partial charge in [-0.15, -0.1) is 0 Å². The van der Waals surface area contributed by atoms with Crippen LogP contribution in [0.15, 0.2) is 81.0 Å². The second-order valence-electron chi connectivity index (χ2n) is 9.87. The number of ether oxygens (including phenoxy) is 1. The lowest BCUT2D eigenvalue weighted by Crippen LogP contribution is -2.47. The van der Waals surface area contributed by atoms with E-state index in [1.54, 1.807) is 12.0 Å². The van der Waals surface area contributed by atoms with Gasteiger partial charge in [0.2, 0.25) is 5.91 Å². The van der Waals surface area contributed by atoms with Crippen molar-refractivity contribution in [3.8, 4) is 5.75 Å². The Bertz CT molecular complexity index is 1430. The number of hydrogen-bond acceptors (Lipinski definition) is 6. The second-order valence-corrected chi connectivity index (χ2v) is 11.8. The average Bonchev–Trinajstić information content (AvgIpc) is 2.98. The van der Waals surface area contributed by atoms with Crippen LogP contribution in [0.2, 0.25) is 0 Å². The largest absolute Gasteiger partial charge is 0.496 e. The molecule has 0 aliphatic carbocycles. The number of piperazine rings is 1. The quantitative estimate of drug-likeness (QED) is 0.250. The van der Waals surface area contributed by atoms with Crippen LogP contribution in [0, 0.1) is 5.82 Å². The summed E-state index contributed by atoms with van der Waals surface area (Å²) in [6.07, 6.45) is 2.66. The minimum atomic E-state index is -0.221. The molecule has 0 spiro atoms. The monoisotopic (exact) mass is 638 g/mol. The Hall–Kier alpha value is -3.34. The van der Waals surface area contributed by atoms with Gasteiger partial charge in [-0.25, -0.2) is 4.39 Å². The zero-order valence-electron chi connectivity index (χ0n) is 22.8. The Balaban J connectivity index is 1.13. The van der Waals surface area contributed by atoms with Crippen molar-refractivity contribution in [2.24, 2.45) is 0 Å². The van der Waals surface area contributed by atoms with Crippen molar-refractivity contribution in [3.05, 3.63) is 87.5 Å². The number of thioether (sulfide) groups is 1. The van der Waals surface area contributed by atoms with E-state index in [1.165, 1.54) is 23.9 Å². The maximum absolute atomic E-state index is 13.5. The van der Waals surface area contributed by atoms with Gasteiger partial charge in [-0.2, -0.15) is 0 Å². The molecule has 3 aromatic carbocycles. The van der Waals surface area contributed by atoms with E-state index in [2.05, 4.69) is 31.0 Å². The molecule has 1 N–H and O–H groups in total. The third-order valence-electron chi connectivity index (χ3n) is 7.14. The minimum absolute atomic E-state index is 0.0452. The van der Waals surface area contributed by atoms with Crippen molar-refractivity contribution >= 4 is 57.0 Å². The predicted octanol–water partition coefficient (Wildman–Crippen LogP) is 5.41. The fraction of sp³-hybridized carbons (Fsp3) is 0.290. The van der Waals surface area contributed by atoms with E-state index in [4.69, 9.17) is 4.74 Å². The molecule has 0 atom stereocenters. The standard InChI is InChI=1S/C31H32BrFN4O3S/c1-40-27-12-7-22(19-25(27)32)20-29-31(39)37(26-5-2-3-6-28(26)41-29)21-30(38)34-13-4-14-35-15-17-36(18-16-35)24-10-8-23(33)9-11-24/h2-3,5-12,19-20H,4,13-18,21H2,1H3,(H,34,38)/b29-20-. The Morgan fingerprint density at radius 1 is 1.07 bits per heavy atom. The highest BCUT2D eigenvalue weighted by atomic mass is 79.9. The van der Waals surface area contributed by atoms with E-state index in [0.717, 1.165) is 65.5 Å². The number of halogens is 2. The molecule has 0 bridgehead atoms. The third-order valence-corrected chi connectivity index (χ3v) is 8.84. The first-order chi connectivity index (χ1) is 19.9. The summed E-state index contributed by atoms with van der Waals surface area (Å²) in [4.78, 5) is 34.1. The van der Waals surface area contributed by atoms with Crippen molar-refractivity contribution in [3.63, 3.8) is 0 Å². The van der Waals surface area contributed by atoms with Gasteiger partial charge in [0, 0.05) is 43.3 Å². The number of rotatable bonds is 9. The van der Waals surface area contributed by atoms with Gasteiger partial charge in [-0.05, 0) is 89.1 Å². The van der Waals surface area contributed by atoms with Crippen molar-refractivity contribution in [1.82, 2.24) is 10.2 Å². The molecule has 5 rings (SSSR count). The number of carbonyl (C=O) groups excluding carboxylic acids is 2. The number of amides is 2. The van der Waals surface area contributed by atoms with Gasteiger partial charge in [0.1, 0.15) is 18.1 Å². The van der Waals surface area contributed by atoms with Crippen LogP contribution in [0.1, 0.15) is 12.0 Å². The lowest BCUT2D eigenvalue weighted by atomic mass is 10.2. The fourth-order valence-corrected chi connectivity index (χ4v) is 6.57. The zero-order valence-corrected chi connectivity index (χ0v) is 25.2. The summed E-state index contributed by atoms with van der Waals surface area (Å²) < 4.78 is 19.3. The number of fused-ring (bicyclic) bond motifs is 1. The van der Waals surface area contributed by atoms with Crippen molar-refractivity contribution in [2.45, 2.75) is 11.3 Å². The summed E-state index contributed by atoms with van der Waals surface area (Å²) in [5.41, 5.74) is 2.64. The van der Waals surface area contributed by atoms with Gasteiger partial charge in [0.25, 0.3) is 5.91 Å². The van der Waals surface area contributed by atoms with Crippen LogP contribution in [-0.2, 0) is 9.59 Å². The van der Waals surface area contributed by atoms with E-state index in [1.807, 2.05) is 60.7 Å². The summed E-state index contributed by atoms with van der Waals surface area (Å²) in [5, 5.41) is 2.99. The summed E-state index contributed by atoms with van der Waals surface area (Å²) >= 11 is 4.91. The number of methoxy groups -OCH3 is 1. The van der Waals surface area contributed by atoms with Gasteiger partial charge >= 0.3 is 0 Å². The van der Waals surface area contributed by atoms with Crippen LogP contribution < -0.4 is 19.9 Å².